The van der Waals surface area contributed by atoms with Crippen molar-refractivity contribution in [1.29, 1.82) is 0 Å². The molecule has 122 valence electrons. The van der Waals surface area contributed by atoms with E-state index in [1.165, 1.54) is 0 Å². The second-order valence-electron chi connectivity index (χ2n) is 5.55. The van der Waals surface area contributed by atoms with E-state index >= 15 is 0 Å². The molecule has 1 fully saturated rings. The van der Waals surface area contributed by atoms with E-state index in [2.05, 4.69) is 20.6 Å². The average molecular weight is 325 g/mol. The first-order chi connectivity index (χ1) is 10.4. The van der Waals surface area contributed by atoms with Crippen LogP contribution in [0.15, 0.2) is 23.2 Å². The van der Waals surface area contributed by atoms with E-state index in [0.717, 1.165) is 11.5 Å². The van der Waals surface area contributed by atoms with Gasteiger partial charge in [0.25, 0.3) is 0 Å². The smallest absolute Gasteiger partial charge is 0.191 e. The van der Waals surface area contributed by atoms with E-state index < -0.39 is 9.84 Å². The van der Waals surface area contributed by atoms with E-state index in [-0.39, 0.29) is 17.5 Å². The van der Waals surface area contributed by atoms with Crippen LogP contribution in [-0.2, 0) is 16.4 Å². The number of rotatable bonds is 4. The minimum Gasteiger partial charge on any atom is -0.363 e. The van der Waals surface area contributed by atoms with Gasteiger partial charge in [0.15, 0.2) is 15.8 Å². The summed E-state index contributed by atoms with van der Waals surface area (Å²) in [4.78, 5) is 10.6. The van der Waals surface area contributed by atoms with Crippen molar-refractivity contribution in [3.05, 3.63) is 23.9 Å². The van der Waals surface area contributed by atoms with Crippen LogP contribution in [0.1, 0.15) is 12.1 Å². The predicted molar refractivity (Wildman–Crippen MR) is 89.0 cm³/mol. The van der Waals surface area contributed by atoms with Gasteiger partial charge in [0.1, 0.15) is 5.82 Å². The molecule has 1 aliphatic heterocycles. The molecule has 1 saturated heterocycles. The van der Waals surface area contributed by atoms with Gasteiger partial charge in [0, 0.05) is 27.2 Å². The van der Waals surface area contributed by atoms with Gasteiger partial charge in [-0.3, -0.25) is 4.99 Å². The SMILES string of the molecule is CN=C(NCc1cccc(N(C)C)n1)NC1CCS(=O)(=O)C1. The second kappa shape index (κ2) is 6.95. The van der Waals surface area contributed by atoms with Crippen molar-refractivity contribution in [1.82, 2.24) is 15.6 Å². The molecular weight excluding hydrogens is 302 g/mol. The fourth-order valence-electron chi connectivity index (χ4n) is 2.29. The van der Waals surface area contributed by atoms with Crippen LogP contribution in [0.4, 0.5) is 5.82 Å². The molecule has 0 aliphatic carbocycles. The van der Waals surface area contributed by atoms with E-state index in [9.17, 15) is 8.42 Å². The zero-order valence-corrected chi connectivity index (χ0v) is 14.0. The Morgan fingerprint density at radius 1 is 1.45 bits per heavy atom. The number of pyridine rings is 1. The molecule has 22 heavy (non-hydrogen) atoms. The van der Waals surface area contributed by atoms with Gasteiger partial charge in [-0.15, -0.1) is 0 Å². The van der Waals surface area contributed by atoms with E-state index in [0.29, 0.717) is 18.9 Å². The molecule has 2 N–H and O–H groups in total. The summed E-state index contributed by atoms with van der Waals surface area (Å²) in [7, 11) is 2.66. The third-order valence-electron chi connectivity index (χ3n) is 3.48. The molecule has 8 heteroatoms. The highest BCUT2D eigenvalue weighted by molar-refractivity contribution is 7.91. The quantitative estimate of drug-likeness (QED) is 0.599. The number of anilines is 1. The van der Waals surface area contributed by atoms with Gasteiger partial charge in [0.05, 0.1) is 23.7 Å². The highest BCUT2D eigenvalue weighted by atomic mass is 32.2. The number of sulfone groups is 1. The number of hydrogen-bond donors (Lipinski definition) is 2. The van der Waals surface area contributed by atoms with Crippen LogP contribution in [0.2, 0.25) is 0 Å². The molecule has 7 nitrogen and oxygen atoms in total. The zero-order chi connectivity index (χ0) is 16.2. The standard InChI is InChI=1S/C14H23N5O2S/c1-15-14(18-12-7-8-22(20,21)10-12)16-9-11-5-4-6-13(17-11)19(2)3/h4-6,12H,7-10H2,1-3H3,(H2,15,16,18). The normalized spacial score (nSPS) is 20.7. The summed E-state index contributed by atoms with van der Waals surface area (Å²) < 4.78 is 23.0. The first kappa shape index (κ1) is 16.5. The summed E-state index contributed by atoms with van der Waals surface area (Å²) in [5, 5.41) is 6.32. The monoisotopic (exact) mass is 325 g/mol. The van der Waals surface area contributed by atoms with Gasteiger partial charge < -0.3 is 15.5 Å². The lowest BCUT2D eigenvalue weighted by atomic mass is 10.3. The molecule has 1 aliphatic rings. The molecule has 1 aromatic rings. The van der Waals surface area contributed by atoms with E-state index in [1.807, 2.05) is 37.2 Å². The summed E-state index contributed by atoms with van der Waals surface area (Å²) >= 11 is 0. The largest absolute Gasteiger partial charge is 0.363 e. The lowest BCUT2D eigenvalue weighted by Crippen LogP contribution is -2.43. The Balaban J connectivity index is 1.90. The number of guanidine groups is 1. The number of aromatic nitrogens is 1. The molecular formula is C14H23N5O2S. The van der Waals surface area contributed by atoms with Gasteiger partial charge in [-0.05, 0) is 18.6 Å². The van der Waals surface area contributed by atoms with Crippen LogP contribution < -0.4 is 15.5 Å². The maximum atomic E-state index is 11.5. The van der Waals surface area contributed by atoms with Crippen LogP contribution in [0.25, 0.3) is 0 Å². The maximum Gasteiger partial charge on any atom is 0.191 e. The summed E-state index contributed by atoms with van der Waals surface area (Å²) in [5.74, 6) is 1.90. The first-order valence-electron chi connectivity index (χ1n) is 7.20. The Morgan fingerprint density at radius 3 is 2.82 bits per heavy atom. The second-order valence-corrected chi connectivity index (χ2v) is 7.78. The predicted octanol–water partition coefficient (Wildman–Crippen LogP) is -0.000300. The van der Waals surface area contributed by atoms with Crippen molar-refractivity contribution in [2.75, 3.05) is 37.5 Å². The molecule has 1 atom stereocenters. The molecule has 1 unspecified atom stereocenters. The van der Waals surface area contributed by atoms with E-state index in [4.69, 9.17) is 0 Å². The summed E-state index contributed by atoms with van der Waals surface area (Å²) in [6.07, 6.45) is 0.622. The minimum absolute atomic E-state index is 0.0720. The summed E-state index contributed by atoms with van der Waals surface area (Å²) in [5.41, 5.74) is 0.896. The molecule has 1 aromatic heterocycles. The van der Waals surface area contributed by atoms with Crippen LogP contribution in [-0.4, -0.2) is 58.1 Å². The zero-order valence-electron chi connectivity index (χ0n) is 13.2. The van der Waals surface area contributed by atoms with Crippen molar-refractivity contribution >= 4 is 21.6 Å². The lowest BCUT2D eigenvalue weighted by Gasteiger charge is -2.16. The van der Waals surface area contributed by atoms with Crippen molar-refractivity contribution in [3.8, 4) is 0 Å². The van der Waals surface area contributed by atoms with Crippen molar-refractivity contribution in [3.63, 3.8) is 0 Å². The van der Waals surface area contributed by atoms with Gasteiger partial charge in [0.2, 0.25) is 0 Å². The maximum absolute atomic E-state index is 11.5. The molecule has 0 aromatic carbocycles. The van der Waals surface area contributed by atoms with Crippen LogP contribution in [0, 0.1) is 0 Å². The highest BCUT2D eigenvalue weighted by Gasteiger charge is 2.28. The first-order valence-corrected chi connectivity index (χ1v) is 9.02. The van der Waals surface area contributed by atoms with Gasteiger partial charge in [-0.2, -0.15) is 0 Å². The van der Waals surface area contributed by atoms with Crippen LogP contribution in [0.3, 0.4) is 0 Å². The molecule has 0 saturated carbocycles. The Bertz CT molecular complexity index is 642. The van der Waals surface area contributed by atoms with Gasteiger partial charge in [-0.25, -0.2) is 13.4 Å². The summed E-state index contributed by atoms with van der Waals surface area (Å²) in [6.45, 7) is 0.529. The van der Waals surface area contributed by atoms with Crippen molar-refractivity contribution in [2.45, 2.75) is 19.0 Å². The molecule has 0 radical (unpaired) electrons. The third-order valence-corrected chi connectivity index (χ3v) is 5.25. The van der Waals surface area contributed by atoms with Crippen LogP contribution >= 0.6 is 0 Å². The molecule has 2 heterocycles. The Hall–Kier alpha value is -1.83. The molecule has 0 spiro atoms. The van der Waals surface area contributed by atoms with Crippen LogP contribution in [0.5, 0.6) is 0 Å². The summed E-state index contributed by atoms with van der Waals surface area (Å²) in [6, 6.07) is 5.77. The topological polar surface area (TPSA) is 86.7 Å². The Labute approximate surface area is 131 Å². The van der Waals surface area contributed by atoms with E-state index in [1.54, 1.807) is 7.05 Å². The molecule has 0 bridgehead atoms. The highest BCUT2D eigenvalue weighted by Crippen LogP contribution is 2.11. The third kappa shape index (κ3) is 4.59. The molecule has 0 amide bonds. The van der Waals surface area contributed by atoms with Crippen molar-refractivity contribution < 1.29 is 8.42 Å². The number of hydrogen-bond acceptors (Lipinski definition) is 5. The van der Waals surface area contributed by atoms with Gasteiger partial charge >= 0.3 is 0 Å². The number of nitrogens with zero attached hydrogens (tertiary/aromatic N) is 3. The fraction of sp³-hybridized carbons (Fsp3) is 0.571. The Morgan fingerprint density at radius 2 is 2.23 bits per heavy atom. The number of nitrogens with one attached hydrogen (secondary N) is 2. The average Bonchev–Trinajstić information content (AvgIpc) is 2.82. The lowest BCUT2D eigenvalue weighted by molar-refractivity contribution is 0.599. The number of aliphatic imine (C=N–C) groups is 1. The fourth-order valence-corrected chi connectivity index (χ4v) is 3.96. The minimum atomic E-state index is -2.89. The van der Waals surface area contributed by atoms with Crippen molar-refractivity contribution in [2.24, 2.45) is 4.99 Å². The molecule has 2 rings (SSSR count). The Kier molecular flexibility index (Phi) is 5.23. The van der Waals surface area contributed by atoms with Gasteiger partial charge in [-0.1, -0.05) is 6.07 Å².